The highest BCUT2D eigenvalue weighted by atomic mass is 79.9. The Hall–Kier alpha value is -1.40. The highest BCUT2D eigenvalue weighted by molar-refractivity contribution is 9.10. The van der Waals surface area contributed by atoms with Gasteiger partial charge in [-0.2, -0.15) is 0 Å². The molecule has 1 unspecified atom stereocenters. The van der Waals surface area contributed by atoms with Crippen LogP contribution >= 0.6 is 15.9 Å². The third kappa shape index (κ3) is 3.22. The van der Waals surface area contributed by atoms with Gasteiger partial charge >= 0.3 is 0 Å². The molecule has 0 bridgehead atoms. The molecule has 0 radical (unpaired) electrons. The molecule has 1 N–H and O–H groups in total. The van der Waals surface area contributed by atoms with Gasteiger partial charge in [-0.25, -0.2) is 0 Å². The Morgan fingerprint density at radius 3 is 2.58 bits per heavy atom. The van der Waals surface area contributed by atoms with Crippen molar-refractivity contribution in [1.82, 2.24) is 9.80 Å². The Labute approximate surface area is 150 Å². The largest absolute Gasteiger partial charge is 0.396 e. The van der Waals surface area contributed by atoms with E-state index < -0.39 is 0 Å². The first-order chi connectivity index (χ1) is 11.4. The predicted octanol–water partition coefficient (Wildman–Crippen LogP) is 2.14. The first-order valence-electron chi connectivity index (χ1n) is 8.36. The second-order valence-corrected chi connectivity index (χ2v) is 7.86. The molecule has 2 aliphatic rings. The molecule has 0 aromatic heterocycles. The van der Waals surface area contributed by atoms with Crippen LogP contribution in [0.15, 0.2) is 28.7 Å². The number of carbonyl (C=O) groups is 2. The van der Waals surface area contributed by atoms with Gasteiger partial charge in [0.15, 0.2) is 0 Å². The van der Waals surface area contributed by atoms with Crippen molar-refractivity contribution in [2.24, 2.45) is 11.3 Å². The molecule has 0 aliphatic carbocycles. The van der Waals surface area contributed by atoms with Crippen LogP contribution in [0.2, 0.25) is 0 Å². The van der Waals surface area contributed by atoms with Gasteiger partial charge < -0.3 is 14.9 Å². The minimum atomic E-state index is -0.0472. The summed E-state index contributed by atoms with van der Waals surface area (Å²) in [6, 6.07) is 7.45. The smallest absolute Gasteiger partial charge is 0.253 e. The van der Waals surface area contributed by atoms with Crippen molar-refractivity contribution in [1.29, 1.82) is 0 Å². The molecular weight excluding hydrogens is 372 g/mol. The number of likely N-dealkylation sites (tertiary alicyclic amines) is 2. The summed E-state index contributed by atoms with van der Waals surface area (Å²) in [6.07, 6.45) is 1.67. The van der Waals surface area contributed by atoms with Gasteiger partial charge in [0.1, 0.15) is 0 Å². The number of piperidine rings is 1. The van der Waals surface area contributed by atoms with Crippen LogP contribution in [0, 0.1) is 11.3 Å². The van der Waals surface area contributed by atoms with Gasteiger partial charge in [0, 0.05) is 55.7 Å². The van der Waals surface area contributed by atoms with E-state index in [9.17, 15) is 14.7 Å². The third-order valence-corrected chi connectivity index (χ3v) is 6.09. The molecule has 2 aliphatic heterocycles. The van der Waals surface area contributed by atoms with Crippen molar-refractivity contribution in [3.05, 3.63) is 34.3 Å². The summed E-state index contributed by atoms with van der Waals surface area (Å²) in [6.45, 7) is 4.36. The molecule has 0 saturated carbocycles. The zero-order valence-electron chi connectivity index (χ0n) is 13.9. The molecule has 24 heavy (non-hydrogen) atoms. The molecule has 2 saturated heterocycles. The fourth-order valence-corrected chi connectivity index (χ4v) is 4.45. The van der Waals surface area contributed by atoms with Gasteiger partial charge in [0.25, 0.3) is 5.91 Å². The van der Waals surface area contributed by atoms with Crippen LogP contribution in [0.25, 0.3) is 0 Å². The van der Waals surface area contributed by atoms with Gasteiger partial charge in [-0.3, -0.25) is 9.59 Å². The topological polar surface area (TPSA) is 60.9 Å². The van der Waals surface area contributed by atoms with Crippen molar-refractivity contribution in [3.8, 4) is 0 Å². The molecule has 1 atom stereocenters. The van der Waals surface area contributed by atoms with Crippen LogP contribution in [0.1, 0.15) is 30.1 Å². The quantitative estimate of drug-likeness (QED) is 0.835. The van der Waals surface area contributed by atoms with E-state index in [1.165, 1.54) is 0 Å². The SMILES string of the molecule is CC(=O)N1CC(CO)C2(CCN(C(=O)c3cccc(Br)c3)CC2)C1. The van der Waals surface area contributed by atoms with Crippen molar-refractivity contribution in [2.75, 3.05) is 32.8 Å². The van der Waals surface area contributed by atoms with Crippen LogP contribution in [0.4, 0.5) is 0 Å². The van der Waals surface area contributed by atoms with Gasteiger partial charge in [0.2, 0.25) is 5.91 Å². The molecule has 2 fully saturated rings. The summed E-state index contributed by atoms with van der Waals surface area (Å²) < 4.78 is 0.898. The van der Waals surface area contributed by atoms with E-state index in [2.05, 4.69) is 15.9 Å². The van der Waals surface area contributed by atoms with E-state index in [1.807, 2.05) is 34.1 Å². The van der Waals surface area contributed by atoms with Crippen LogP contribution in [-0.4, -0.2) is 59.5 Å². The maximum Gasteiger partial charge on any atom is 0.253 e. The fourth-order valence-electron chi connectivity index (χ4n) is 4.05. The van der Waals surface area contributed by atoms with Crippen molar-refractivity contribution < 1.29 is 14.7 Å². The number of hydrogen-bond donors (Lipinski definition) is 1. The highest BCUT2D eigenvalue weighted by Crippen LogP contribution is 2.44. The van der Waals surface area contributed by atoms with Crippen LogP contribution in [-0.2, 0) is 4.79 Å². The minimum Gasteiger partial charge on any atom is -0.396 e. The van der Waals surface area contributed by atoms with Gasteiger partial charge in [-0.05, 0) is 36.5 Å². The summed E-state index contributed by atoms with van der Waals surface area (Å²) in [5, 5.41) is 9.74. The number of aliphatic hydroxyl groups excluding tert-OH is 1. The molecular formula is C18H23BrN2O3. The van der Waals surface area contributed by atoms with E-state index in [4.69, 9.17) is 0 Å². The van der Waals surface area contributed by atoms with Crippen molar-refractivity contribution in [2.45, 2.75) is 19.8 Å². The standard InChI is InChI=1S/C18H23BrN2O3/c1-13(23)21-10-15(11-22)18(12-21)5-7-20(8-6-18)17(24)14-3-2-4-16(19)9-14/h2-4,9,15,22H,5-8,10-12H2,1H3. The summed E-state index contributed by atoms with van der Waals surface area (Å²) in [5.41, 5.74) is 0.643. The number of amides is 2. The first kappa shape index (κ1) is 17.4. The monoisotopic (exact) mass is 394 g/mol. The molecule has 1 aromatic carbocycles. The average Bonchev–Trinajstić information content (AvgIpc) is 2.93. The zero-order chi connectivity index (χ0) is 17.3. The van der Waals surface area contributed by atoms with Crippen LogP contribution < -0.4 is 0 Å². The summed E-state index contributed by atoms with van der Waals surface area (Å²) in [7, 11) is 0. The van der Waals surface area contributed by atoms with Crippen LogP contribution in [0.5, 0.6) is 0 Å². The van der Waals surface area contributed by atoms with Gasteiger partial charge in [-0.1, -0.05) is 22.0 Å². The Kier molecular flexibility index (Phi) is 4.97. The Bertz CT molecular complexity index is 641. The van der Waals surface area contributed by atoms with E-state index in [-0.39, 0.29) is 29.8 Å². The summed E-state index contributed by atoms with van der Waals surface area (Å²) in [4.78, 5) is 28.1. The van der Waals surface area contributed by atoms with Crippen molar-refractivity contribution in [3.63, 3.8) is 0 Å². The molecule has 5 nitrogen and oxygen atoms in total. The number of aliphatic hydroxyl groups is 1. The molecule has 6 heteroatoms. The lowest BCUT2D eigenvalue weighted by Gasteiger charge is -2.42. The second-order valence-electron chi connectivity index (χ2n) is 6.94. The predicted molar refractivity (Wildman–Crippen MR) is 94.5 cm³/mol. The van der Waals surface area contributed by atoms with E-state index in [0.717, 1.165) is 17.3 Å². The lowest BCUT2D eigenvalue weighted by Crippen LogP contribution is -2.47. The van der Waals surface area contributed by atoms with E-state index >= 15 is 0 Å². The number of nitrogens with zero attached hydrogens (tertiary/aromatic N) is 2. The highest BCUT2D eigenvalue weighted by Gasteiger charge is 2.48. The molecule has 1 spiro atoms. The first-order valence-corrected chi connectivity index (χ1v) is 9.16. The fraction of sp³-hybridized carbons (Fsp3) is 0.556. The number of carbonyl (C=O) groups excluding carboxylic acids is 2. The molecule has 1 aromatic rings. The lowest BCUT2D eigenvalue weighted by molar-refractivity contribution is -0.128. The number of benzene rings is 1. The minimum absolute atomic E-state index is 0.0472. The maximum atomic E-state index is 12.7. The van der Waals surface area contributed by atoms with Crippen LogP contribution in [0.3, 0.4) is 0 Å². The second kappa shape index (κ2) is 6.84. The Morgan fingerprint density at radius 2 is 2.00 bits per heavy atom. The molecule has 130 valence electrons. The van der Waals surface area contributed by atoms with Gasteiger partial charge in [-0.15, -0.1) is 0 Å². The number of halogens is 1. The average molecular weight is 395 g/mol. The number of hydrogen-bond acceptors (Lipinski definition) is 3. The zero-order valence-corrected chi connectivity index (χ0v) is 15.5. The van der Waals surface area contributed by atoms with Crippen molar-refractivity contribution >= 4 is 27.7 Å². The lowest BCUT2D eigenvalue weighted by atomic mass is 9.71. The Morgan fingerprint density at radius 1 is 1.29 bits per heavy atom. The third-order valence-electron chi connectivity index (χ3n) is 5.60. The van der Waals surface area contributed by atoms with E-state index in [0.29, 0.717) is 31.7 Å². The van der Waals surface area contributed by atoms with E-state index in [1.54, 1.807) is 6.92 Å². The summed E-state index contributed by atoms with van der Waals surface area (Å²) >= 11 is 3.40. The normalized spacial score (nSPS) is 22.9. The maximum absolute atomic E-state index is 12.7. The number of rotatable bonds is 2. The molecule has 2 heterocycles. The van der Waals surface area contributed by atoms with Gasteiger partial charge in [0.05, 0.1) is 0 Å². The molecule has 2 amide bonds. The molecule has 3 rings (SSSR count). The Balaban J connectivity index is 1.69. The summed E-state index contributed by atoms with van der Waals surface area (Å²) in [5.74, 6) is 0.232.